The van der Waals surface area contributed by atoms with Gasteiger partial charge in [-0.05, 0) is 20.3 Å². The van der Waals surface area contributed by atoms with Crippen LogP contribution < -0.4 is 0 Å². The Bertz CT molecular complexity index is 217. The van der Waals surface area contributed by atoms with E-state index in [0.29, 0.717) is 19.6 Å². The summed E-state index contributed by atoms with van der Waals surface area (Å²) < 4.78 is 9.69. The normalized spacial score (nSPS) is 14.1. The van der Waals surface area contributed by atoms with Gasteiger partial charge >= 0.3 is 11.9 Å². The zero-order valence-electron chi connectivity index (χ0n) is 9.29. The number of hydrogen-bond donors (Lipinski definition) is 0. The monoisotopic (exact) mass is 280 g/mol. The summed E-state index contributed by atoms with van der Waals surface area (Å²) in [6, 6.07) is 0. The van der Waals surface area contributed by atoms with Crippen molar-refractivity contribution in [1.82, 2.24) is 0 Å². The van der Waals surface area contributed by atoms with Crippen LogP contribution in [0.5, 0.6) is 0 Å². The third kappa shape index (κ3) is 4.64. The van der Waals surface area contributed by atoms with Crippen molar-refractivity contribution in [3.05, 3.63) is 0 Å². The molecule has 5 heteroatoms. The maximum atomic E-state index is 11.5. The van der Waals surface area contributed by atoms with Gasteiger partial charge in [-0.2, -0.15) is 0 Å². The van der Waals surface area contributed by atoms with E-state index in [4.69, 9.17) is 9.47 Å². The van der Waals surface area contributed by atoms with Gasteiger partial charge in [0.1, 0.15) is 4.83 Å². The van der Waals surface area contributed by atoms with E-state index >= 15 is 0 Å². The highest BCUT2D eigenvalue weighted by atomic mass is 79.9. The second-order valence-corrected chi connectivity index (χ2v) is 3.91. The van der Waals surface area contributed by atoms with Crippen LogP contribution in [0.3, 0.4) is 0 Å². The largest absolute Gasteiger partial charge is 0.466 e. The Morgan fingerprint density at radius 3 is 1.93 bits per heavy atom. The Labute approximate surface area is 98.4 Å². The minimum absolute atomic E-state index is 0.306. The molecule has 0 aliphatic heterocycles. The van der Waals surface area contributed by atoms with Crippen LogP contribution in [0.2, 0.25) is 0 Å². The average Bonchev–Trinajstić information content (AvgIpc) is 2.19. The molecule has 2 atom stereocenters. The second-order valence-electron chi connectivity index (χ2n) is 2.92. The Kier molecular flexibility index (Phi) is 7.38. The Balaban J connectivity index is 4.38. The SMILES string of the molecule is CCOC(=O)[C@@H](Br)[C@@H](CC)C(=O)OCC. The van der Waals surface area contributed by atoms with Gasteiger partial charge in [-0.15, -0.1) is 0 Å². The third-order valence-corrected chi connectivity index (χ3v) is 2.91. The molecule has 0 fully saturated rings. The number of alkyl halides is 1. The zero-order chi connectivity index (χ0) is 11.8. The number of hydrogen-bond acceptors (Lipinski definition) is 4. The fraction of sp³-hybridized carbons (Fsp3) is 0.800. The number of esters is 2. The van der Waals surface area contributed by atoms with Crippen molar-refractivity contribution >= 4 is 27.9 Å². The molecule has 0 amide bonds. The van der Waals surface area contributed by atoms with E-state index in [1.54, 1.807) is 13.8 Å². The lowest BCUT2D eigenvalue weighted by Gasteiger charge is -2.17. The van der Waals surface area contributed by atoms with Gasteiger partial charge in [0.2, 0.25) is 0 Å². The van der Waals surface area contributed by atoms with Crippen LogP contribution in [0.1, 0.15) is 27.2 Å². The van der Waals surface area contributed by atoms with Crippen molar-refractivity contribution in [1.29, 1.82) is 0 Å². The number of ether oxygens (including phenoxy) is 2. The predicted octanol–water partition coefficient (Wildman–Crippen LogP) is 1.90. The van der Waals surface area contributed by atoms with E-state index in [1.807, 2.05) is 6.92 Å². The van der Waals surface area contributed by atoms with Crippen molar-refractivity contribution in [2.75, 3.05) is 13.2 Å². The highest BCUT2D eigenvalue weighted by Gasteiger charge is 2.32. The smallest absolute Gasteiger partial charge is 0.320 e. The highest BCUT2D eigenvalue weighted by molar-refractivity contribution is 9.10. The minimum Gasteiger partial charge on any atom is -0.466 e. The predicted molar refractivity (Wildman–Crippen MR) is 59.8 cm³/mol. The number of halogens is 1. The summed E-state index contributed by atoms with van der Waals surface area (Å²) in [6.07, 6.45) is 0.535. The van der Waals surface area contributed by atoms with Crippen LogP contribution in [0.25, 0.3) is 0 Å². The second kappa shape index (κ2) is 7.68. The number of carbonyl (C=O) groups excluding carboxylic acids is 2. The van der Waals surface area contributed by atoms with Gasteiger partial charge in [0, 0.05) is 0 Å². The van der Waals surface area contributed by atoms with Crippen LogP contribution in [0.4, 0.5) is 0 Å². The molecule has 0 aliphatic carbocycles. The fourth-order valence-corrected chi connectivity index (χ4v) is 1.85. The topological polar surface area (TPSA) is 52.6 Å². The molecule has 0 unspecified atom stereocenters. The summed E-state index contributed by atoms with van der Waals surface area (Å²) in [6.45, 7) is 5.91. The lowest BCUT2D eigenvalue weighted by molar-refractivity contribution is -0.153. The molecule has 0 rings (SSSR count). The van der Waals surface area contributed by atoms with Crippen LogP contribution in [0, 0.1) is 5.92 Å². The van der Waals surface area contributed by atoms with Gasteiger partial charge < -0.3 is 9.47 Å². The molecule has 0 heterocycles. The zero-order valence-corrected chi connectivity index (χ0v) is 10.9. The quantitative estimate of drug-likeness (QED) is 0.551. The summed E-state index contributed by atoms with van der Waals surface area (Å²) in [5, 5.41) is 0. The first-order valence-electron chi connectivity index (χ1n) is 5.05. The van der Waals surface area contributed by atoms with Crippen LogP contribution in [-0.4, -0.2) is 30.0 Å². The molecule has 0 saturated heterocycles. The van der Waals surface area contributed by atoms with Crippen molar-refractivity contribution in [2.45, 2.75) is 32.0 Å². The van der Waals surface area contributed by atoms with Gasteiger partial charge in [-0.3, -0.25) is 9.59 Å². The third-order valence-electron chi connectivity index (χ3n) is 1.89. The van der Waals surface area contributed by atoms with Gasteiger partial charge in [0.05, 0.1) is 19.1 Å². The fourth-order valence-electron chi connectivity index (χ4n) is 1.13. The first-order chi connectivity index (χ1) is 7.08. The molecule has 0 N–H and O–H groups in total. The van der Waals surface area contributed by atoms with Gasteiger partial charge in [0.25, 0.3) is 0 Å². The molecule has 0 aromatic heterocycles. The Morgan fingerprint density at radius 1 is 1.07 bits per heavy atom. The maximum absolute atomic E-state index is 11.5. The van der Waals surface area contributed by atoms with Crippen LogP contribution in [-0.2, 0) is 19.1 Å². The first kappa shape index (κ1) is 14.4. The Hall–Kier alpha value is -0.580. The lowest BCUT2D eigenvalue weighted by atomic mass is 10.0. The van der Waals surface area contributed by atoms with E-state index in [1.165, 1.54) is 0 Å². The molecule has 88 valence electrons. The molecule has 0 aliphatic rings. The van der Waals surface area contributed by atoms with Crippen molar-refractivity contribution < 1.29 is 19.1 Å². The molecule has 0 bridgehead atoms. The van der Waals surface area contributed by atoms with Gasteiger partial charge in [-0.25, -0.2) is 0 Å². The van der Waals surface area contributed by atoms with Crippen molar-refractivity contribution in [3.63, 3.8) is 0 Å². The molecular weight excluding hydrogens is 264 g/mol. The van der Waals surface area contributed by atoms with Crippen LogP contribution >= 0.6 is 15.9 Å². The highest BCUT2D eigenvalue weighted by Crippen LogP contribution is 2.20. The number of rotatable bonds is 6. The van der Waals surface area contributed by atoms with E-state index in [2.05, 4.69) is 15.9 Å². The molecule has 0 spiro atoms. The molecule has 0 radical (unpaired) electrons. The van der Waals surface area contributed by atoms with E-state index in [9.17, 15) is 9.59 Å². The van der Waals surface area contributed by atoms with Crippen LogP contribution in [0.15, 0.2) is 0 Å². The molecular formula is C10H17BrO4. The molecule has 15 heavy (non-hydrogen) atoms. The van der Waals surface area contributed by atoms with E-state index in [0.717, 1.165) is 0 Å². The maximum Gasteiger partial charge on any atom is 0.320 e. The molecule has 0 aromatic rings. The summed E-state index contributed by atoms with van der Waals surface area (Å²) >= 11 is 3.17. The average molecular weight is 281 g/mol. The molecule has 0 aromatic carbocycles. The molecule has 0 saturated carbocycles. The summed E-state index contributed by atoms with van der Waals surface area (Å²) in [7, 11) is 0. The standard InChI is InChI=1S/C10H17BrO4/c1-4-7(9(12)14-5-2)8(11)10(13)15-6-3/h7-8H,4-6H2,1-3H3/t7-,8+/m1/s1. The lowest BCUT2D eigenvalue weighted by Crippen LogP contribution is -2.32. The summed E-state index contributed by atoms with van der Waals surface area (Å²) in [5.41, 5.74) is 0. The van der Waals surface area contributed by atoms with Gasteiger partial charge in [0.15, 0.2) is 0 Å². The minimum atomic E-state index is -0.624. The van der Waals surface area contributed by atoms with E-state index in [-0.39, 0.29) is 5.97 Å². The number of carbonyl (C=O) groups is 2. The summed E-state index contributed by atoms with van der Waals surface area (Å²) in [4.78, 5) is 22.2. The Morgan fingerprint density at radius 2 is 1.53 bits per heavy atom. The van der Waals surface area contributed by atoms with Crippen molar-refractivity contribution in [2.24, 2.45) is 5.92 Å². The first-order valence-corrected chi connectivity index (χ1v) is 5.97. The molecule has 4 nitrogen and oxygen atoms in total. The van der Waals surface area contributed by atoms with Crippen molar-refractivity contribution in [3.8, 4) is 0 Å². The van der Waals surface area contributed by atoms with Gasteiger partial charge in [-0.1, -0.05) is 22.9 Å². The van der Waals surface area contributed by atoms with E-state index < -0.39 is 16.7 Å². The summed E-state index contributed by atoms with van der Waals surface area (Å²) in [5.74, 6) is -1.27.